The summed E-state index contributed by atoms with van der Waals surface area (Å²) in [5, 5.41) is 3.44. The fraction of sp³-hybridized carbons (Fsp3) is 0.200. The van der Waals surface area contributed by atoms with Gasteiger partial charge < -0.3 is 15.3 Å². The van der Waals surface area contributed by atoms with Crippen molar-refractivity contribution in [1.29, 1.82) is 0 Å². The number of aromatic amines is 2. The molecule has 5 heteroatoms. The summed E-state index contributed by atoms with van der Waals surface area (Å²) in [6, 6.07) is 10.1. The summed E-state index contributed by atoms with van der Waals surface area (Å²) < 4.78 is 0. The fourth-order valence-electron chi connectivity index (χ4n) is 2.21. The lowest BCUT2D eigenvalue weighted by molar-refractivity contribution is 0.574. The number of nitrogens with one attached hydrogen (secondary N) is 3. The molecule has 0 aliphatic heterocycles. The van der Waals surface area contributed by atoms with Crippen molar-refractivity contribution in [3.63, 3.8) is 0 Å². The molecule has 0 saturated carbocycles. The van der Waals surface area contributed by atoms with E-state index in [1.54, 1.807) is 6.20 Å². The van der Waals surface area contributed by atoms with Crippen LogP contribution in [0.3, 0.4) is 0 Å². The Morgan fingerprint density at radius 2 is 2.10 bits per heavy atom. The number of benzene rings is 1. The molecule has 3 rings (SSSR count). The highest BCUT2D eigenvalue weighted by atomic mass is 16.1. The predicted molar refractivity (Wildman–Crippen MR) is 78.4 cm³/mol. The van der Waals surface area contributed by atoms with Crippen molar-refractivity contribution in [3.05, 3.63) is 64.3 Å². The Hall–Kier alpha value is -2.40. The first kappa shape index (κ1) is 12.6. The zero-order chi connectivity index (χ0) is 13.9. The molecule has 0 saturated heterocycles. The summed E-state index contributed by atoms with van der Waals surface area (Å²) in [4.78, 5) is 20.9. The first-order valence-electron chi connectivity index (χ1n) is 6.56. The fourth-order valence-corrected chi connectivity index (χ4v) is 2.21. The Morgan fingerprint density at radius 3 is 2.90 bits per heavy atom. The van der Waals surface area contributed by atoms with Crippen LogP contribution in [0.25, 0.3) is 11.0 Å². The molecule has 0 aliphatic carbocycles. The molecule has 1 unspecified atom stereocenters. The van der Waals surface area contributed by atoms with E-state index in [0.717, 1.165) is 28.7 Å². The second-order valence-electron chi connectivity index (χ2n) is 4.85. The van der Waals surface area contributed by atoms with Crippen LogP contribution in [-0.4, -0.2) is 15.0 Å². The molecule has 2 aromatic heterocycles. The first-order valence-corrected chi connectivity index (χ1v) is 6.56. The van der Waals surface area contributed by atoms with Gasteiger partial charge in [0.1, 0.15) is 0 Å². The zero-order valence-electron chi connectivity index (χ0n) is 11.2. The van der Waals surface area contributed by atoms with Gasteiger partial charge in [0, 0.05) is 25.0 Å². The van der Waals surface area contributed by atoms with Crippen LogP contribution in [0.5, 0.6) is 0 Å². The zero-order valence-corrected chi connectivity index (χ0v) is 11.2. The number of nitrogens with zero attached hydrogens (tertiary/aromatic N) is 1. The number of imidazole rings is 1. The van der Waals surface area contributed by atoms with Crippen molar-refractivity contribution >= 4 is 11.0 Å². The van der Waals surface area contributed by atoms with Gasteiger partial charge >= 0.3 is 5.69 Å². The van der Waals surface area contributed by atoms with Gasteiger partial charge in [-0.2, -0.15) is 0 Å². The lowest BCUT2D eigenvalue weighted by atomic mass is 10.1. The van der Waals surface area contributed by atoms with Gasteiger partial charge in [0.2, 0.25) is 0 Å². The Balaban J connectivity index is 1.74. The predicted octanol–water partition coefficient (Wildman–Crippen LogP) is 2.10. The van der Waals surface area contributed by atoms with Crippen molar-refractivity contribution in [1.82, 2.24) is 20.3 Å². The average molecular weight is 268 g/mol. The summed E-state index contributed by atoms with van der Waals surface area (Å²) >= 11 is 0. The Morgan fingerprint density at radius 1 is 1.25 bits per heavy atom. The van der Waals surface area contributed by atoms with Gasteiger partial charge in [0.05, 0.1) is 11.0 Å². The van der Waals surface area contributed by atoms with Crippen LogP contribution in [0.2, 0.25) is 0 Å². The summed E-state index contributed by atoms with van der Waals surface area (Å²) in [5.74, 6) is 0. The van der Waals surface area contributed by atoms with Crippen molar-refractivity contribution in [3.8, 4) is 0 Å². The third kappa shape index (κ3) is 2.62. The number of hydrogen-bond donors (Lipinski definition) is 3. The van der Waals surface area contributed by atoms with Crippen molar-refractivity contribution in [2.24, 2.45) is 0 Å². The quantitative estimate of drug-likeness (QED) is 0.678. The smallest absolute Gasteiger partial charge is 0.306 e. The summed E-state index contributed by atoms with van der Waals surface area (Å²) in [6.07, 6.45) is 3.62. The van der Waals surface area contributed by atoms with Crippen LogP contribution in [-0.2, 0) is 6.54 Å². The average Bonchev–Trinajstić information content (AvgIpc) is 2.85. The number of fused-ring (bicyclic) bond motifs is 1. The number of aromatic nitrogens is 3. The van der Waals surface area contributed by atoms with E-state index in [0.29, 0.717) is 0 Å². The first-order chi connectivity index (χ1) is 9.72. The number of hydrogen-bond acceptors (Lipinski definition) is 3. The van der Waals surface area contributed by atoms with Crippen molar-refractivity contribution < 1.29 is 0 Å². The largest absolute Gasteiger partial charge is 0.323 e. The van der Waals surface area contributed by atoms with Gasteiger partial charge in [0.15, 0.2) is 0 Å². The second kappa shape index (κ2) is 5.30. The Labute approximate surface area is 116 Å². The van der Waals surface area contributed by atoms with Crippen molar-refractivity contribution in [2.45, 2.75) is 19.5 Å². The third-order valence-corrected chi connectivity index (χ3v) is 3.38. The molecule has 3 aromatic rings. The number of H-pyrrole nitrogens is 2. The second-order valence-corrected chi connectivity index (χ2v) is 4.85. The maximum Gasteiger partial charge on any atom is 0.323 e. The molecule has 1 aromatic carbocycles. The van der Waals surface area contributed by atoms with E-state index in [1.807, 2.05) is 36.5 Å². The van der Waals surface area contributed by atoms with E-state index in [1.165, 1.54) is 0 Å². The molecule has 0 aliphatic rings. The minimum atomic E-state index is -0.173. The molecule has 102 valence electrons. The molecule has 0 radical (unpaired) electrons. The lowest BCUT2D eigenvalue weighted by Crippen LogP contribution is -2.18. The van der Waals surface area contributed by atoms with Crippen LogP contribution in [0.1, 0.15) is 24.1 Å². The lowest BCUT2D eigenvalue weighted by Gasteiger charge is -2.14. The van der Waals surface area contributed by atoms with Gasteiger partial charge in [-0.15, -0.1) is 0 Å². The SMILES string of the molecule is CC(NCc1cccnc1)c1ccc2[nH]c(=O)[nH]c2c1. The van der Waals surface area contributed by atoms with Crippen LogP contribution in [0, 0.1) is 0 Å². The molecular weight excluding hydrogens is 252 g/mol. The highest BCUT2D eigenvalue weighted by Crippen LogP contribution is 2.17. The summed E-state index contributed by atoms with van der Waals surface area (Å²) in [6.45, 7) is 2.86. The molecular formula is C15H16N4O. The van der Waals surface area contributed by atoms with Crippen LogP contribution < -0.4 is 11.0 Å². The molecule has 2 heterocycles. The van der Waals surface area contributed by atoms with E-state index in [9.17, 15) is 4.79 Å². The molecule has 0 fully saturated rings. The van der Waals surface area contributed by atoms with E-state index in [-0.39, 0.29) is 11.7 Å². The Bertz CT molecular complexity index is 760. The summed E-state index contributed by atoms with van der Waals surface area (Å²) in [5.41, 5.74) is 3.78. The maximum atomic E-state index is 11.2. The summed E-state index contributed by atoms with van der Waals surface area (Å²) in [7, 11) is 0. The highest BCUT2D eigenvalue weighted by Gasteiger charge is 2.07. The molecule has 1 atom stereocenters. The topological polar surface area (TPSA) is 73.6 Å². The number of rotatable bonds is 4. The van der Waals surface area contributed by atoms with Gasteiger partial charge in [-0.25, -0.2) is 4.79 Å². The van der Waals surface area contributed by atoms with Crippen LogP contribution in [0.15, 0.2) is 47.5 Å². The molecule has 0 amide bonds. The normalized spacial score (nSPS) is 12.7. The number of pyridine rings is 1. The standard InChI is InChI=1S/C15H16N4O/c1-10(17-9-11-3-2-6-16-8-11)12-4-5-13-14(7-12)19-15(20)18-13/h2-8,10,17H,9H2,1H3,(H2,18,19,20). The maximum absolute atomic E-state index is 11.2. The van der Waals surface area contributed by atoms with Gasteiger partial charge in [-0.1, -0.05) is 12.1 Å². The van der Waals surface area contributed by atoms with Crippen LogP contribution in [0.4, 0.5) is 0 Å². The molecule has 20 heavy (non-hydrogen) atoms. The molecule has 0 spiro atoms. The van der Waals surface area contributed by atoms with E-state index < -0.39 is 0 Å². The monoisotopic (exact) mass is 268 g/mol. The van der Waals surface area contributed by atoms with E-state index in [4.69, 9.17) is 0 Å². The highest BCUT2D eigenvalue weighted by molar-refractivity contribution is 5.75. The third-order valence-electron chi connectivity index (χ3n) is 3.38. The minimum absolute atomic E-state index is 0.173. The molecule has 3 N–H and O–H groups in total. The minimum Gasteiger partial charge on any atom is -0.306 e. The van der Waals surface area contributed by atoms with E-state index >= 15 is 0 Å². The van der Waals surface area contributed by atoms with Gasteiger partial charge in [0.25, 0.3) is 0 Å². The molecule has 5 nitrogen and oxygen atoms in total. The van der Waals surface area contributed by atoms with Gasteiger partial charge in [-0.3, -0.25) is 4.98 Å². The van der Waals surface area contributed by atoms with Crippen LogP contribution >= 0.6 is 0 Å². The Kier molecular flexibility index (Phi) is 3.35. The van der Waals surface area contributed by atoms with E-state index in [2.05, 4.69) is 27.2 Å². The van der Waals surface area contributed by atoms with Crippen molar-refractivity contribution in [2.75, 3.05) is 0 Å². The molecule has 0 bridgehead atoms. The van der Waals surface area contributed by atoms with Gasteiger partial charge in [-0.05, 0) is 36.2 Å².